The molecule has 0 saturated carbocycles. The summed E-state index contributed by atoms with van der Waals surface area (Å²) in [7, 11) is -3.57. The minimum atomic E-state index is -3.57. The Morgan fingerprint density at radius 3 is 2.66 bits per heavy atom. The highest BCUT2D eigenvalue weighted by Gasteiger charge is 2.31. The first kappa shape index (κ1) is 23.2. The first-order chi connectivity index (χ1) is 15.3. The molecule has 2 N–H and O–H groups in total. The summed E-state index contributed by atoms with van der Waals surface area (Å²) in [6.07, 6.45) is 2.92. The molecule has 0 unspecified atom stereocenters. The first-order valence-corrected chi connectivity index (χ1v) is 13.3. The van der Waals surface area contributed by atoms with E-state index in [0.717, 1.165) is 29.7 Å². The van der Waals surface area contributed by atoms with E-state index in [9.17, 15) is 18.5 Å². The second kappa shape index (κ2) is 9.49. The molecule has 0 bridgehead atoms. The van der Waals surface area contributed by atoms with Crippen molar-refractivity contribution >= 4 is 43.9 Å². The van der Waals surface area contributed by atoms with Crippen LogP contribution in [0, 0.1) is 17.2 Å². The third kappa shape index (κ3) is 4.85. The predicted molar refractivity (Wildman–Crippen MR) is 125 cm³/mol. The molecular formula is C22H26ClN4O3S2+. The third-order valence-corrected chi connectivity index (χ3v) is 9.50. The van der Waals surface area contributed by atoms with E-state index in [-0.39, 0.29) is 17.3 Å². The van der Waals surface area contributed by atoms with Crippen LogP contribution >= 0.6 is 22.9 Å². The highest BCUT2D eigenvalue weighted by molar-refractivity contribution is 7.89. The van der Waals surface area contributed by atoms with E-state index in [1.54, 1.807) is 12.1 Å². The van der Waals surface area contributed by atoms with Crippen molar-refractivity contribution in [1.82, 2.24) is 4.31 Å². The number of sulfonamides is 1. The monoisotopic (exact) mass is 493 g/mol. The fraction of sp³-hybridized carbons (Fsp3) is 0.455. The standard InChI is InChI=1S/C22H25ClN4O3S2/c1-15-2-7-18-19(13-24)22(31-20(18)12-15)25-21(28)14-26-8-10-27(11-9-26)32(29,30)17-5-3-16(23)4-6-17/h3-6,15H,2,7-12,14H2,1H3,(H,25,28)/p+1/t15-/m0/s1. The van der Waals surface area contributed by atoms with E-state index < -0.39 is 10.0 Å². The van der Waals surface area contributed by atoms with Crippen LogP contribution in [0.5, 0.6) is 0 Å². The molecule has 1 fully saturated rings. The second-order valence-electron chi connectivity index (χ2n) is 8.50. The Hall–Kier alpha value is -1.96. The molecule has 1 amide bonds. The first-order valence-electron chi connectivity index (χ1n) is 10.7. The van der Waals surface area contributed by atoms with Crippen LogP contribution in [0.15, 0.2) is 29.2 Å². The van der Waals surface area contributed by atoms with Crippen LogP contribution < -0.4 is 10.2 Å². The van der Waals surface area contributed by atoms with E-state index in [1.807, 2.05) is 0 Å². The number of rotatable bonds is 5. The molecule has 4 rings (SSSR count). The summed E-state index contributed by atoms with van der Waals surface area (Å²) in [6, 6.07) is 8.44. The summed E-state index contributed by atoms with van der Waals surface area (Å²) >= 11 is 7.38. The van der Waals surface area contributed by atoms with E-state index in [2.05, 4.69) is 18.3 Å². The largest absolute Gasteiger partial charge is 0.325 e. The zero-order valence-corrected chi connectivity index (χ0v) is 20.2. The number of anilines is 1. The number of benzene rings is 1. The smallest absolute Gasteiger partial charge is 0.280 e. The van der Waals surface area contributed by atoms with Crippen LogP contribution in [0.4, 0.5) is 5.00 Å². The van der Waals surface area contributed by atoms with Gasteiger partial charge in [0.25, 0.3) is 5.91 Å². The van der Waals surface area contributed by atoms with Gasteiger partial charge in [-0.05, 0) is 55.0 Å². The van der Waals surface area contributed by atoms with Crippen LogP contribution in [0.3, 0.4) is 0 Å². The Labute approximate surface area is 197 Å². The number of thiophene rings is 1. The van der Waals surface area contributed by atoms with Crippen molar-refractivity contribution in [3.05, 3.63) is 45.3 Å². The molecule has 1 aromatic carbocycles. The van der Waals surface area contributed by atoms with E-state index in [4.69, 9.17) is 11.6 Å². The van der Waals surface area contributed by atoms with Gasteiger partial charge in [-0.1, -0.05) is 18.5 Å². The molecule has 170 valence electrons. The minimum absolute atomic E-state index is 0.142. The number of carbonyl (C=O) groups excluding carboxylic acids is 1. The summed E-state index contributed by atoms with van der Waals surface area (Å²) < 4.78 is 27.1. The predicted octanol–water partition coefficient (Wildman–Crippen LogP) is 1.93. The lowest BCUT2D eigenvalue weighted by molar-refractivity contribution is -0.895. The van der Waals surface area contributed by atoms with E-state index in [0.29, 0.717) is 47.7 Å². The zero-order chi connectivity index (χ0) is 22.9. The molecule has 0 radical (unpaired) electrons. The number of amides is 1. The number of carbonyl (C=O) groups is 1. The number of nitrogens with zero attached hydrogens (tertiary/aromatic N) is 2. The molecule has 1 saturated heterocycles. The van der Waals surface area contributed by atoms with Gasteiger partial charge in [0.1, 0.15) is 11.1 Å². The fourth-order valence-corrected chi connectivity index (χ4v) is 7.28. The van der Waals surface area contributed by atoms with Crippen molar-refractivity contribution in [2.24, 2.45) is 5.92 Å². The maximum Gasteiger partial charge on any atom is 0.280 e. The molecular weight excluding hydrogens is 468 g/mol. The lowest BCUT2D eigenvalue weighted by Gasteiger charge is -2.31. The molecule has 7 nitrogen and oxygen atoms in total. The van der Waals surface area contributed by atoms with Gasteiger partial charge in [-0.2, -0.15) is 9.57 Å². The van der Waals surface area contributed by atoms with Crippen molar-refractivity contribution in [3.8, 4) is 6.07 Å². The molecule has 1 aromatic heterocycles. The van der Waals surface area contributed by atoms with Crippen LogP contribution in [0.25, 0.3) is 0 Å². The second-order valence-corrected chi connectivity index (χ2v) is 12.0. The molecule has 1 aliphatic heterocycles. The van der Waals surface area contributed by atoms with E-state index >= 15 is 0 Å². The summed E-state index contributed by atoms with van der Waals surface area (Å²) in [5.74, 6) is 0.457. The SMILES string of the molecule is C[C@H]1CCc2c(sc(NC(=O)C[NH+]3CCN(S(=O)(=O)c4ccc(Cl)cc4)CC3)c2C#N)C1. The average Bonchev–Trinajstić information content (AvgIpc) is 3.10. The van der Waals surface area contributed by atoms with E-state index in [1.165, 1.54) is 32.7 Å². The average molecular weight is 494 g/mol. The van der Waals surface area contributed by atoms with Gasteiger partial charge in [-0.3, -0.25) is 4.79 Å². The molecule has 1 atom stereocenters. The normalized spacial score (nSPS) is 19.8. The third-order valence-electron chi connectivity index (χ3n) is 6.17. The highest BCUT2D eigenvalue weighted by Crippen LogP contribution is 2.39. The topological polar surface area (TPSA) is 94.7 Å². The van der Waals surface area contributed by atoms with Gasteiger partial charge in [0.2, 0.25) is 10.0 Å². The molecule has 2 aromatic rings. The van der Waals surface area contributed by atoms with Gasteiger partial charge >= 0.3 is 0 Å². The summed E-state index contributed by atoms with van der Waals surface area (Å²) in [5, 5.41) is 13.7. The lowest BCUT2D eigenvalue weighted by Crippen LogP contribution is -3.15. The number of hydrogen-bond acceptors (Lipinski definition) is 5. The van der Waals surface area contributed by atoms with Crippen molar-refractivity contribution in [1.29, 1.82) is 5.26 Å². The molecule has 0 spiro atoms. The lowest BCUT2D eigenvalue weighted by atomic mass is 9.89. The van der Waals surface area contributed by atoms with Gasteiger partial charge in [-0.15, -0.1) is 11.3 Å². The van der Waals surface area contributed by atoms with Crippen LogP contribution in [0.1, 0.15) is 29.3 Å². The van der Waals surface area contributed by atoms with Gasteiger partial charge in [-0.25, -0.2) is 8.42 Å². The summed E-state index contributed by atoms with van der Waals surface area (Å²) in [4.78, 5) is 15.1. The maximum absolute atomic E-state index is 12.8. The minimum Gasteiger partial charge on any atom is -0.325 e. The molecule has 2 aliphatic rings. The Morgan fingerprint density at radius 1 is 1.31 bits per heavy atom. The Balaban J connectivity index is 1.34. The number of hydrogen-bond donors (Lipinski definition) is 2. The molecule has 32 heavy (non-hydrogen) atoms. The summed E-state index contributed by atoms with van der Waals surface area (Å²) in [6.45, 7) is 4.25. The van der Waals surface area contributed by atoms with Gasteiger partial charge in [0.05, 0.1) is 36.6 Å². The Bertz CT molecular complexity index is 1150. The van der Waals surface area contributed by atoms with Crippen molar-refractivity contribution < 1.29 is 18.1 Å². The Morgan fingerprint density at radius 2 is 2.00 bits per heavy atom. The number of nitrogens with one attached hydrogen (secondary N) is 2. The zero-order valence-electron chi connectivity index (χ0n) is 17.9. The number of quaternary nitrogens is 1. The summed E-state index contributed by atoms with van der Waals surface area (Å²) in [5.41, 5.74) is 1.71. The fourth-order valence-electron chi connectivity index (χ4n) is 4.33. The van der Waals surface area contributed by atoms with Crippen LogP contribution in [0.2, 0.25) is 5.02 Å². The maximum atomic E-state index is 12.8. The van der Waals surface area contributed by atoms with Gasteiger partial charge < -0.3 is 10.2 Å². The number of piperazine rings is 1. The number of halogens is 1. The van der Waals surface area contributed by atoms with Crippen molar-refractivity contribution in [2.45, 2.75) is 31.1 Å². The number of nitriles is 1. The van der Waals surface area contributed by atoms with Gasteiger partial charge in [0.15, 0.2) is 6.54 Å². The molecule has 1 aliphatic carbocycles. The highest BCUT2D eigenvalue weighted by atomic mass is 35.5. The molecule has 10 heteroatoms. The quantitative estimate of drug-likeness (QED) is 0.665. The van der Waals surface area contributed by atoms with Gasteiger partial charge in [0, 0.05) is 9.90 Å². The Kier molecular flexibility index (Phi) is 6.89. The van der Waals surface area contributed by atoms with Crippen molar-refractivity contribution in [3.63, 3.8) is 0 Å². The number of fused-ring (bicyclic) bond motifs is 1. The van der Waals surface area contributed by atoms with Crippen molar-refractivity contribution in [2.75, 3.05) is 38.0 Å². The van der Waals surface area contributed by atoms with Crippen LogP contribution in [-0.2, 0) is 27.7 Å². The van der Waals surface area contributed by atoms with Crippen LogP contribution in [-0.4, -0.2) is 51.4 Å². The molecule has 2 heterocycles.